The number of carbonyl (C=O) groups is 1. The molecule has 0 heterocycles. The summed E-state index contributed by atoms with van der Waals surface area (Å²) in [5.74, 6) is 0.724. The smallest absolute Gasteiger partial charge is 0.282 e. The van der Waals surface area contributed by atoms with Crippen LogP contribution >= 0.6 is 23.2 Å². The molecule has 25 heavy (non-hydrogen) atoms. The van der Waals surface area contributed by atoms with Gasteiger partial charge in [0.05, 0.1) is 29.4 Å². The van der Waals surface area contributed by atoms with Gasteiger partial charge in [-0.2, -0.15) is 0 Å². The summed E-state index contributed by atoms with van der Waals surface area (Å²) in [5.41, 5.74) is 1.59. The fraction of sp³-hybridized carbons (Fsp3) is 0.316. The van der Waals surface area contributed by atoms with Gasteiger partial charge in [0.2, 0.25) is 0 Å². The van der Waals surface area contributed by atoms with Crippen LogP contribution in [0.1, 0.15) is 19.4 Å². The van der Waals surface area contributed by atoms with Crippen molar-refractivity contribution in [2.75, 3.05) is 19.0 Å². The SMILES string of the molecule is CCOc1ccc(C[NH+](C)[C@@H](C)C(=O)Nc2c(Cl)cccc2Cl)cc1. The Morgan fingerprint density at radius 3 is 2.32 bits per heavy atom. The van der Waals surface area contributed by atoms with Gasteiger partial charge in [0.15, 0.2) is 6.04 Å². The topological polar surface area (TPSA) is 42.8 Å². The lowest BCUT2D eigenvalue weighted by Gasteiger charge is -2.21. The lowest BCUT2D eigenvalue weighted by molar-refractivity contribution is -0.907. The van der Waals surface area contributed by atoms with Crippen LogP contribution in [0.4, 0.5) is 5.69 Å². The molecule has 0 aliphatic rings. The highest BCUT2D eigenvalue weighted by Gasteiger charge is 2.23. The van der Waals surface area contributed by atoms with Crippen LogP contribution in [0.5, 0.6) is 5.75 Å². The summed E-state index contributed by atoms with van der Waals surface area (Å²) in [6.07, 6.45) is 0. The second kappa shape index (κ2) is 9.09. The van der Waals surface area contributed by atoms with Crippen LogP contribution in [-0.4, -0.2) is 25.6 Å². The number of ether oxygens (including phenoxy) is 1. The zero-order valence-electron chi connectivity index (χ0n) is 14.6. The first kappa shape index (κ1) is 19.6. The minimum Gasteiger partial charge on any atom is -0.494 e. The molecule has 2 atom stereocenters. The number of benzene rings is 2. The summed E-state index contributed by atoms with van der Waals surface area (Å²) in [7, 11) is 1.98. The van der Waals surface area contributed by atoms with Gasteiger partial charge in [-0.05, 0) is 50.2 Å². The van der Waals surface area contributed by atoms with Crippen LogP contribution in [0.25, 0.3) is 0 Å². The molecule has 2 rings (SSSR count). The molecule has 2 N–H and O–H groups in total. The zero-order valence-corrected chi connectivity index (χ0v) is 16.1. The number of likely N-dealkylation sites (N-methyl/N-ethyl adjacent to an activating group) is 1. The molecule has 0 aliphatic carbocycles. The first-order valence-corrected chi connectivity index (χ1v) is 8.97. The van der Waals surface area contributed by atoms with Gasteiger partial charge in [0.25, 0.3) is 5.91 Å². The minimum atomic E-state index is -0.265. The summed E-state index contributed by atoms with van der Waals surface area (Å²) in [6.45, 7) is 5.20. The van der Waals surface area contributed by atoms with Crippen molar-refractivity contribution in [3.63, 3.8) is 0 Å². The van der Waals surface area contributed by atoms with E-state index in [0.29, 0.717) is 22.3 Å². The van der Waals surface area contributed by atoms with Gasteiger partial charge in [0, 0.05) is 5.56 Å². The summed E-state index contributed by atoms with van der Waals surface area (Å²) >= 11 is 12.2. The fourth-order valence-corrected chi connectivity index (χ4v) is 2.91. The highest BCUT2D eigenvalue weighted by Crippen LogP contribution is 2.29. The number of anilines is 1. The Kier molecular flexibility index (Phi) is 7.12. The average Bonchev–Trinajstić information content (AvgIpc) is 2.59. The van der Waals surface area contributed by atoms with Crippen LogP contribution in [-0.2, 0) is 11.3 Å². The van der Waals surface area contributed by atoms with Gasteiger partial charge >= 0.3 is 0 Å². The second-order valence-corrected chi connectivity index (χ2v) is 6.72. The Hall–Kier alpha value is -1.75. The maximum Gasteiger partial charge on any atom is 0.282 e. The molecular formula is C19H23Cl2N2O2+. The van der Waals surface area contributed by atoms with Crippen molar-refractivity contribution in [2.24, 2.45) is 0 Å². The number of nitrogens with one attached hydrogen (secondary N) is 2. The van der Waals surface area contributed by atoms with Crippen molar-refractivity contribution in [3.05, 3.63) is 58.1 Å². The first-order chi connectivity index (χ1) is 11.9. The van der Waals surface area contributed by atoms with E-state index in [2.05, 4.69) is 5.32 Å². The molecule has 6 heteroatoms. The van der Waals surface area contributed by atoms with E-state index >= 15 is 0 Å². The number of halogens is 2. The number of hydrogen-bond donors (Lipinski definition) is 2. The lowest BCUT2D eigenvalue weighted by atomic mass is 10.1. The quantitative estimate of drug-likeness (QED) is 0.771. The van der Waals surface area contributed by atoms with E-state index < -0.39 is 0 Å². The minimum absolute atomic E-state index is 0.126. The highest BCUT2D eigenvalue weighted by molar-refractivity contribution is 6.39. The van der Waals surface area contributed by atoms with Gasteiger partial charge in [0.1, 0.15) is 12.3 Å². The summed E-state index contributed by atoms with van der Waals surface area (Å²) < 4.78 is 5.44. The molecule has 134 valence electrons. The van der Waals surface area contributed by atoms with E-state index in [1.165, 1.54) is 0 Å². The molecule has 2 aromatic carbocycles. The van der Waals surface area contributed by atoms with Crippen LogP contribution in [0.3, 0.4) is 0 Å². The Morgan fingerprint density at radius 1 is 1.16 bits per heavy atom. The monoisotopic (exact) mass is 381 g/mol. The van der Waals surface area contributed by atoms with Gasteiger partial charge in [-0.3, -0.25) is 4.79 Å². The predicted molar refractivity (Wildman–Crippen MR) is 103 cm³/mol. The average molecular weight is 382 g/mol. The van der Waals surface area contributed by atoms with Crippen molar-refractivity contribution < 1.29 is 14.4 Å². The summed E-state index contributed by atoms with van der Waals surface area (Å²) in [6, 6.07) is 12.8. The first-order valence-electron chi connectivity index (χ1n) is 8.21. The number of quaternary nitrogens is 1. The second-order valence-electron chi connectivity index (χ2n) is 5.91. The Labute approximate surface area is 158 Å². The van der Waals surface area contributed by atoms with Gasteiger partial charge in [-0.1, -0.05) is 29.3 Å². The molecule has 1 unspecified atom stereocenters. The number of hydrogen-bond acceptors (Lipinski definition) is 2. The normalized spacial score (nSPS) is 13.2. The Balaban J connectivity index is 1.98. The molecule has 0 aromatic heterocycles. The van der Waals surface area contributed by atoms with Gasteiger partial charge in [-0.25, -0.2) is 0 Å². The summed E-state index contributed by atoms with van der Waals surface area (Å²) in [5, 5.41) is 3.68. The highest BCUT2D eigenvalue weighted by atomic mass is 35.5. The van der Waals surface area contributed by atoms with E-state index in [9.17, 15) is 4.79 Å². The fourth-order valence-electron chi connectivity index (χ4n) is 2.42. The molecule has 0 saturated heterocycles. The van der Waals surface area contributed by atoms with Crippen LogP contribution in [0.2, 0.25) is 10.0 Å². The molecule has 0 fully saturated rings. The molecule has 4 nitrogen and oxygen atoms in total. The predicted octanol–water partition coefficient (Wildman–Crippen LogP) is 3.43. The number of para-hydroxylation sites is 1. The third-order valence-electron chi connectivity index (χ3n) is 4.06. The largest absolute Gasteiger partial charge is 0.494 e. The van der Waals surface area contributed by atoms with Crippen molar-refractivity contribution in [3.8, 4) is 5.75 Å². The molecule has 1 amide bonds. The molecule has 0 bridgehead atoms. The van der Waals surface area contributed by atoms with E-state index in [0.717, 1.165) is 22.8 Å². The number of rotatable bonds is 7. The molecule has 0 saturated carbocycles. The van der Waals surface area contributed by atoms with E-state index in [-0.39, 0.29) is 11.9 Å². The standard InChI is InChI=1S/C19H22Cl2N2O2/c1-4-25-15-10-8-14(9-11-15)12-23(3)13(2)19(24)22-18-16(20)6-5-7-17(18)21/h5-11,13H,4,12H2,1-3H3,(H,22,24)/p+1/t13-/m0/s1. The van der Waals surface area contributed by atoms with Crippen LogP contribution < -0.4 is 15.0 Å². The third-order valence-corrected chi connectivity index (χ3v) is 4.69. The molecule has 2 aromatic rings. The molecular weight excluding hydrogens is 359 g/mol. The zero-order chi connectivity index (χ0) is 18.4. The van der Waals surface area contributed by atoms with Crippen molar-refractivity contribution in [2.45, 2.75) is 26.4 Å². The number of carbonyl (C=O) groups excluding carboxylic acids is 1. The Bertz CT molecular complexity index is 700. The van der Waals surface area contributed by atoms with E-state index in [1.54, 1.807) is 18.2 Å². The Morgan fingerprint density at radius 2 is 1.76 bits per heavy atom. The third kappa shape index (κ3) is 5.36. The van der Waals surface area contributed by atoms with Crippen molar-refractivity contribution in [1.82, 2.24) is 0 Å². The van der Waals surface area contributed by atoms with Crippen molar-refractivity contribution in [1.29, 1.82) is 0 Å². The van der Waals surface area contributed by atoms with Gasteiger partial charge in [-0.15, -0.1) is 0 Å². The molecule has 0 aliphatic heterocycles. The van der Waals surface area contributed by atoms with E-state index in [4.69, 9.17) is 27.9 Å². The lowest BCUT2D eigenvalue weighted by Crippen LogP contribution is -3.12. The number of amides is 1. The maximum atomic E-state index is 12.5. The van der Waals surface area contributed by atoms with Crippen LogP contribution in [0, 0.1) is 0 Å². The molecule has 0 spiro atoms. The van der Waals surface area contributed by atoms with Crippen LogP contribution in [0.15, 0.2) is 42.5 Å². The van der Waals surface area contributed by atoms with Gasteiger partial charge < -0.3 is 15.0 Å². The summed E-state index contributed by atoms with van der Waals surface area (Å²) in [4.78, 5) is 13.6. The van der Waals surface area contributed by atoms with E-state index in [1.807, 2.05) is 45.2 Å². The van der Waals surface area contributed by atoms with Crippen molar-refractivity contribution >= 4 is 34.8 Å². The maximum absolute atomic E-state index is 12.5. The molecule has 0 radical (unpaired) electrons.